The maximum atomic E-state index is 12.1. The fourth-order valence-corrected chi connectivity index (χ4v) is 2.73. The van der Waals surface area contributed by atoms with E-state index in [1.54, 1.807) is 11.8 Å². The van der Waals surface area contributed by atoms with Gasteiger partial charge in [0.05, 0.1) is 13.2 Å². The molecule has 24 heavy (non-hydrogen) atoms. The summed E-state index contributed by atoms with van der Waals surface area (Å²) in [6, 6.07) is 10.2. The Morgan fingerprint density at radius 1 is 1.17 bits per heavy atom. The minimum absolute atomic E-state index is 0.0300. The number of piperazine rings is 1. The second kappa shape index (κ2) is 9.27. The lowest BCUT2D eigenvalue weighted by atomic mass is 10.0. The van der Waals surface area contributed by atoms with Gasteiger partial charge < -0.3 is 15.0 Å². The smallest absolute Gasteiger partial charge is 0.409 e. The van der Waals surface area contributed by atoms with Gasteiger partial charge in [0.15, 0.2) is 0 Å². The summed E-state index contributed by atoms with van der Waals surface area (Å²) >= 11 is 0. The Hall–Kier alpha value is -2.08. The molecular formula is C18H27N3O3. The van der Waals surface area contributed by atoms with Crippen LogP contribution < -0.4 is 5.32 Å². The highest BCUT2D eigenvalue weighted by atomic mass is 16.6. The van der Waals surface area contributed by atoms with E-state index < -0.39 is 0 Å². The zero-order chi connectivity index (χ0) is 17.4. The van der Waals surface area contributed by atoms with Gasteiger partial charge in [0, 0.05) is 32.7 Å². The van der Waals surface area contributed by atoms with Gasteiger partial charge in [-0.25, -0.2) is 4.79 Å². The van der Waals surface area contributed by atoms with Gasteiger partial charge in [0.2, 0.25) is 5.91 Å². The minimum Gasteiger partial charge on any atom is -0.450 e. The Morgan fingerprint density at radius 2 is 1.83 bits per heavy atom. The fourth-order valence-electron chi connectivity index (χ4n) is 2.73. The van der Waals surface area contributed by atoms with E-state index in [1.807, 2.05) is 18.2 Å². The van der Waals surface area contributed by atoms with Gasteiger partial charge in [-0.05, 0) is 18.4 Å². The second-order valence-electron chi connectivity index (χ2n) is 6.08. The number of benzene rings is 1. The zero-order valence-corrected chi connectivity index (χ0v) is 14.5. The van der Waals surface area contributed by atoms with Crippen molar-refractivity contribution in [2.45, 2.75) is 19.8 Å². The third-order valence-electron chi connectivity index (χ3n) is 4.24. The van der Waals surface area contributed by atoms with Gasteiger partial charge in [-0.1, -0.05) is 37.3 Å². The third kappa shape index (κ3) is 5.53. The van der Waals surface area contributed by atoms with Crippen LogP contribution in [0.25, 0.3) is 0 Å². The van der Waals surface area contributed by atoms with Crippen LogP contribution in [-0.4, -0.2) is 67.7 Å². The van der Waals surface area contributed by atoms with Crippen molar-refractivity contribution >= 4 is 12.0 Å². The summed E-state index contributed by atoms with van der Waals surface area (Å²) in [6.45, 7) is 7.90. The van der Waals surface area contributed by atoms with Crippen LogP contribution in [0.15, 0.2) is 30.3 Å². The van der Waals surface area contributed by atoms with Gasteiger partial charge in [-0.15, -0.1) is 0 Å². The summed E-state index contributed by atoms with van der Waals surface area (Å²) in [6.07, 6.45) is -0.265. The van der Waals surface area contributed by atoms with E-state index in [2.05, 4.69) is 29.3 Å². The summed E-state index contributed by atoms with van der Waals surface area (Å²) in [5.74, 6) is 0.318. The summed E-state index contributed by atoms with van der Waals surface area (Å²) in [5.41, 5.74) is 1.22. The molecule has 1 heterocycles. The Kier molecular flexibility index (Phi) is 7.06. The highest BCUT2D eigenvalue weighted by Crippen LogP contribution is 2.13. The number of nitrogens with zero attached hydrogens (tertiary/aromatic N) is 2. The molecule has 2 rings (SSSR count). The molecule has 1 atom stereocenters. The molecule has 1 aromatic rings. The number of carbonyl (C=O) groups excluding carboxylic acids is 2. The highest BCUT2D eigenvalue weighted by Gasteiger charge is 2.23. The van der Waals surface area contributed by atoms with Crippen LogP contribution in [0, 0.1) is 0 Å². The quantitative estimate of drug-likeness (QED) is 0.860. The van der Waals surface area contributed by atoms with Crippen molar-refractivity contribution in [2.75, 3.05) is 45.9 Å². The van der Waals surface area contributed by atoms with Crippen molar-refractivity contribution in [1.82, 2.24) is 15.1 Å². The summed E-state index contributed by atoms with van der Waals surface area (Å²) in [5, 5.41) is 3.00. The zero-order valence-electron chi connectivity index (χ0n) is 14.5. The standard InChI is InChI=1S/C18H27N3O3/c1-3-24-18(23)21-11-9-20(10-12-21)14-17(22)19-13-15(2)16-7-5-4-6-8-16/h4-8,15H,3,9-14H2,1-2H3,(H,19,22)/t15-/m0/s1. The number of carbonyl (C=O) groups is 2. The molecule has 1 fully saturated rings. The van der Waals surface area contributed by atoms with E-state index in [1.165, 1.54) is 5.56 Å². The predicted molar refractivity (Wildman–Crippen MR) is 92.9 cm³/mol. The maximum absolute atomic E-state index is 12.1. The van der Waals surface area contributed by atoms with Crippen LogP contribution in [0.2, 0.25) is 0 Å². The largest absolute Gasteiger partial charge is 0.450 e. The molecule has 1 N–H and O–H groups in total. The molecule has 1 saturated heterocycles. The van der Waals surface area contributed by atoms with Crippen LogP contribution in [0.4, 0.5) is 4.79 Å². The monoisotopic (exact) mass is 333 g/mol. The maximum Gasteiger partial charge on any atom is 0.409 e. The molecule has 0 saturated carbocycles. The SMILES string of the molecule is CCOC(=O)N1CCN(CC(=O)NC[C@H](C)c2ccccc2)CC1. The van der Waals surface area contributed by atoms with Crippen LogP contribution >= 0.6 is 0 Å². The van der Waals surface area contributed by atoms with E-state index in [4.69, 9.17) is 4.74 Å². The van der Waals surface area contributed by atoms with E-state index in [0.717, 1.165) is 0 Å². The fraction of sp³-hybridized carbons (Fsp3) is 0.556. The first-order valence-electron chi connectivity index (χ1n) is 8.55. The van der Waals surface area contributed by atoms with Gasteiger partial charge in [0.1, 0.15) is 0 Å². The van der Waals surface area contributed by atoms with Crippen molar-refractivity contribution in [3.05, 3.63) is 35.9 Å². The van der Waals surface area contributed by atoms with Crippen molar-refractivity contribution in [3.8, 4) is 0 Å². The average molecular weight is 333 g/mol. The van der Waals surface area contributed by atoms with Gasteiger partial charge in [0.25, 0.3) is 0 Å². The predicted octanol–water partition coefficient (Wildman–Crippen LogP) is 1.68. The van der Waals surface area contributed by atoms with Crippen LogP contribution in [0.3, 0.4) is 0 Å². The van der Waals surface area contributed by atoms with Crippen LogP contribution in [0.5, 0.6) is 0 Å². The first kappa shape index (κ1) is 18.3. The topological polar surface area (TPSA) is 61.9 Å². The number of nitrogens with one attached hydrogen (secondary N) is 1. The number of hydrogen-bond acceptors (Lipinski definition) is 4. The van der Waals surface area contributed by atoms with Crippen molar-refractivity contribution in [2.24, 2.45) is 0 Å². The Balaban J connectivity index is 1.67. The molecule has 1 aliphatic heterocycles. The molecule has 0 bridgehead atoms. The number of amides is 2. The molecule has 1 aliphatic rings. The molecule has 0 unspecified atom stereocenters. The van der Waals surface area contributed by atoms with Gasteiger partial charge in [-0.3, -0.25) is 9.69 Å². The Bertz CT molecular complexity index is 528. The molecule has 0 spiro atoms. The molecule has 132 valence electrons. The summed E-state index contributed by atoms with van der Waals surface area (Å²) in [7, 11) is 0. The number of ether oxygens (including phenoxy) is 1. The van der Waals surface area contributed by atoms with Gasteiger partial charge in [-0.2, -0.15) is 0 Å². The van der Waals surface area contributed by atoms with Gasteiger partial charge >= 0.3 is 6.09 Å². The first-order valence-corrected chi connectivity index (χ1v) is 8.55. The normalized spacial score (nSPS) is 16.5. The molecule has 0 aliphatic carbocycles. The van der Waals surface area contributed by atoms with E-state index in [-0.39, 0.29) is 17.9 Å². The molecular weight excluding hydrogens is 306 g/mol. The molecule has 1 aromatic carbocycles. The van der Waals surface area contributed by atoms with Crippen molar-refractivity contribution < 1.29 is 14.3 Å². The molecule has 0 radical (unpaired) electrons. The highest BCUT2D eigenvalue weighted by molar-refractivity contribution is 5.78. The summed E-state index contributed by atoms with van der Waals surface area (Å²) in [4.78, 5) is 27.5. The lowest BCUT2D eigenvalue weighted by molar-refractivity contribution is -0.122. The lowest BCUT2D eigenvalue weighted by Gasteiger charge is -2.33. The average Bonchev–Trinajstić information content (AvgIpc) is 2.61. The van der Waals surface area contributed by atoms with Crippen molar-refractivity contribution in [1.29, 1.82) is 0 Å². The second-order valence-corrected chi connectivity index (χ2v) is 6.08. The minimum atomic E-state index is -0.265. The molecule has 0 aromatic heterocycles. The van der Waals surface area contributed by atoms with E-state index in [0.29, 0.717) is 45.9 Å². The number of hydrogen-bond donors (Lipinski definition) is 1. The Labute approximate surface area is 143 Å². The van der Waals surface area contributed by atoms with Crippen LogP contribution in [-0.2, 0) is 9.53 Å². The van der Waals surface area contributed by atoms with Crippen molar-refractivity contribution in [3.63, 3.8) is 0 Å². The van der Waals surface area contributed by atoms with Crippen LogP contribution in [0.1, 0.15) is 25.3 Å². The summed E-state index contributed by atoms with van der Waals surface area (Å²) < 4.78 is 4.99. The van der Waals surface area contributed by atoms with E-state index >= 15 is 0 Å². The van der Waals surface area contributed by atoms with E-state index in [9.17, 15) is 9.59 Å². The molecule has 6 nitrogen and oxygen atoms in total. The first-order chi connectivity index (χ1) is 11.6. The molecule has 6 heteroatoms. The lowest BCUT2D eigenvalue weighted by Crippen LogP contribution is -2.51. The molecule has 2 amide bonds. The Morgan fingerprint density at radius 3 is 2.46 bits per heavy atom. The number of rotatable bonds is 6. The third-order valence-corrected chi connectivity index (χ3v) is 4.24.